The number of likely N-dealkylation sites (N-methyl/N-ethyl adjacent to an activating group) is 1. The molecule has 2 unspecified atom stereocenters. The Morgan fingerprint density at radius 2 is 2.47 bits per heavy atom. The van der Waals surface area contributed by atoms with Crippen molar-refractivity contribution in [2.24, 2.45) is 5.73 Å². The van der Waals surface area contributed by atoms with Crippen LogP contribution in [0.2, 0.25) is 0 Å². The molecule has 2 heterocycles. The van der Waals surface area contributed by atoms with E-state index in [1.807, 2.05) is 13.8 Å². The van der Waals surface area contributed by atoms with Crippen molar-refractivity contribution in [3.05, 3.63) is 17.5 Å². The second-order valence-corrected chi connectivity index (χ2v) is 3.85. The molecule has 5 heteroatoms. The third-order valence-corrected chi connectivity index (χ3v) is 2.92. The summed E-state index contributed by atoms with van der Waals surface area (Å²) in [7, 11) is 0. The monoisotopic (exact) mass is 209 g/mol. The van der Waals surface area contributed by atoms with Gasteiger partial charge in [-0.3, -0.25) is 4.79 Å². The molecule has 15 heavy (non-hydrogen) atoms. The van der Waals surface area contributed by atoms with Gasteiger partial charge in [-0.1, -0.05) is 5.16 Å². The maximum absolute atomic E-state index is 11.6. The molecule has 2 N–H and O–H groups in total. The second-order valence-electron chi connectivity index (χ2n) is 3.85. The predicted molar refractivity (Wildman–Crippen MR) is 54.0 cm³/mol. The average Bonchev–Trinajstić information content (AvgIpc) is 2.70. The lowest BCUT2D eigenvalue weighted by Gasteiger charge is -2.24. The lowest BCUT2D eigenvalue weighted by molar-refractivity contribution is -0.128. The highest BCUT2D eigenvalue weighted by Crippen LogP contribution is 2.32. The Hall–Kier alpha value is -1.36. The van der Waals surface area contributed by atoms with Crippen LogP contribution >= 0.6 is 0 Å². The smallest absolute Gasteiger partial charge is 0.224 e. The Bertz CT molecular complexity index is 374. The number of aryl methyl sites for hydroxylation is 1. The van der Waals surface area contributed by atoms with Gasteiger partial charge >= 0.3 is 0 Å². The molecular weight excluding hydrogens is 194 g/mol. The van der Waals surface area contributed by atoms with Gasteiger partial charge in [-0.15, -0.1) is 0 Å². The fourth-order valence-corrected chi connectivity index (χ4v) is 2.17. The van der Waals surface area contributed by atoms with E-state index in [1.54, 1.807) is 11.2 Å². The molecule has 0 radical (unpaired) electrons. The lowest BCUT2D eigenvalue weighted by atomic mass is 10.0. The van der Waals surface area contributed by atoms with E-state index in [-0.39, 0.29) is 18.0 Å². The van der Waals surface area contributed by atoms with Crippen molar-refractivity contribution in [1.82, 2.24) is 10.1 Å². The number of nitrogens with zero attached hydrogens (tertiary/aromatic N) is 2. The summed E-state index contributed by atoms with van der Waals surface area (Å²) < 4.78 is 4.89. The summed E-state index contributed by atoms with van der Waals surface area (Å²) in [6.45, 7) is 4.48. The number of rotatable bonds is 2. The van der Waals surface area contributed by atoms with Crippen LogP contribution in [0.4, 0.5) is 0 Å². The minimum Gasteiger partial charge on any atom is -0.364 e. The van der Waals surface area contributed by atoms with E-state index in [4.69, 9.17) is 10.3 Å². The summed E-state index contributed by atoms with van der Waals surface area (Å²) >= 11 is 0. The third-order valence-electron chi connectivity index (χ3n) is 2.92. The van der Waals surface area contributed by atoms with E-state index in [2.05, 4.69) is 5.16 Å². The number of carbonyl (C=O) groups excluding carboxylic acids is 1. The molecule has 1 aromatic heterocycles. The Balaban J connectivity index is 2.35. The quantitative estimate of drug-likeness (QED) is 0.774. The molecule has 0 spiro atoms. The minimum absolute atomic E-state index is 0.0752. The standard InChI is InChI=1S/C10H15N3O2/c1-3-13-9(14)4-8(11)10(13)7-5-15-12-6(7)2/h5,8,10H,3-4,11H2,1-2H3. The zero-order chi connectivity index (χ0) is 11.0. The highest BCUT2D eigenvalue weighted by atomic mass is 16.5. The molecule has 1 aromatic rings. The van der Waals surface area contributed by atoms with Crippen LogP contribution in [-0.2, 0) is 4.79 Å². The largest absolute Gasteiger partial charge is 0.364 e. The molecule has 0 aliphatic carbocycles. The first kappa shape index (κ1) is 10.2. The van der Waals surface area contributed by atoms with Gasteiger partial charge in [0, 0.05) is 24.6 Å². The predicted octanol–water partition coefficient (Wildman–Crippen LogP) is 0.604. The summed E-state index contributed by atoms with van der Waals surface area (Å²) in [5.41, 5.74) is 7.70. The zero-order valence-electron chi connectivity index (χ0n) is 8.93. The van der Waals surface area contributed by atoms with Crippen LogP contribution < -0.4 is 5.73 Å². The van der Waals surface area contributed by atoms with Crippen molar-refractivity contribution >= 4 is 5.91 Å². The van der Waals surface area contributed by atoms with Gasteiger partial charge in [-0.25, -0.2) is 0 Å². The van der Waals surface area contributed by atoms with Gasteiger partial charge in [0.25, 0.3) is 0 Å². The van der Waals surface area contributed by atoms with Crippen molar-refractivity contribution in [2.75, 3.05) is 6.54 Å². The van der Waals surface area contributed by atoms with Gasteiger partial charge in [0.2, 0.25) is 5.91 Å². The molecule has 1 amide bonds. The molecule has 0 aromatic carbocycles. The van der Waals surface area contributed by atoms with Gasteiger partial charge in [0.15, 0.2) is 0 Å². The van der Waals surface area contributed by atoms with Gasteiger partial charge < -0.3 is 15.2 Å². The molecule has 1 aliphatic heterocycles. The number of carbonyl (C=O) groups is 1. The van der Waals surface area contributed by atoms with E-state index in [9.17, 15) is 4.79 Å². The second kappa shape index (κ2) is 3.66. The number of amides is 1. The molecule has 2 atom stereocenters. The van der Waals surface area contributed by atoms with Crippen molar-refractivity contribution in [3.63, 3.8) is 0 Å². The summed E-state index contributed by atoms with van der Waals surface area (Å²) in [6.07, 6.45) is 1.99. The Morgan fingerprint density at radius 1 is 1.73 bits per heavy atom. The van der Waals surface area contributed by atoms with Crippen LogP contribution in [0, 0.1) is 6.92 Å². The Labute approximate surface area is 88.2 Å². The molecule has 0 bridgehead atoms. The normalized spacial score (nSPS) is 26.3. The Morgan fingerprint density at radius 3 is 3.00 bits per heavy atom. The highest BCUT2D eigenvalue weighted by Gasteiger charge is 2.39. The van der Waals surface area contributed by atoms with Crippen LogP contribution in [0.1, 0.15) is 30.6 Å². The van der Waals surface area contributed by atoms with Gasteiger partial charge in [-0.05, 0) is 13.8 Å². The number of likely N-dealkylation sites (tertiary alicyclic amines) is 1. The summed E-state index contributed by atoms with van der Waals surface area (Å²) in [6, 6.07) is -0.232. The van der Waals surface area contributed by atoms with Crippen molar-refractivity contribution in [1.29, 1.82) is 0 Å². The van der Waals surface area contributed by atoms with Crippen molar-refractivity contribution in [2.45, 2.75) is 32.4 Å². The van der Waals surface area contributed by atoms with Crippen molar-refractivity contribution < 1.29 is 9.32 Å². The minimum atomic E-state index is -0.157. The SMILES string of the molecule is CCN1C(=O)CC(N)C1c1conc1C. The van der Waals surface area contributed by atoms with Gasteiger partial charge in [0.05, 0.1) is 11.7 Å². The Kier molecular flexibility index (Phi) is 2.48. The van der Waals surface area contributed by atoms with Crippen LogP contribution in [0.3, 0.4) is 0 Å². The fourth-order valence-electron chi connectivity index (χ4n) is 2.17. The third kappa shape index (κ3) is 1.52. The van der Waals surface area contributed by atoms with Gasteiger partial charge in [-0.2, -0.15) is 0 Å². The first-order valence-corrected chi connectivity index (χ1v) is 5.11. The highest BCUT2D eigenvalue weighted by molar-refractivity contribution is 5.80. The molecule has 2 rings (SSSR count). The number of hydrogen-bond acceptors (Lipinski definition) is 4. The molecule has 1 aliphatic rings. The van der Waals surface area contributed by atoms with E-state index in [0.29, 0.717) is 13.0 Å². The molecule has 5 nitrogen and oxygen atoms in total. The molecule has 1 fully saturated rings. The van der Waals surface area contributed by atoms with Gasteiger partial charge in [0.1, 0.15) is 6.26 Å². The summed E-state index contributed by atoms with van der Waals surface area (Å²) in [4.78, 5) is 13.4. The van der Waals surface area contributed by atoms with E-state index in [0.717, 1.165) is 11.3 Å². The first-order valence-electron chi connectivity index (χ1n) is 5.11. The number of aromatic nitrogens is 1. The summed E-state index contributed by atoms with van der Waals surface area (Å²) in [5, 5.41) is 3.82. The zero-order valence-corrected chi connectivity index (χ0v) is 8.93. The van der Waals surface area contributed by atoms with Crippen LogP contribution in [0.15, 0.2) is 10.8 Å². The van der Waals surface area contributed by atoms with Crippen LogP contribution in [0.5, 0.6) is 0 Å². The molecule has 82 valence electrons. The van der Waals surface area contributed by atoms with Crippen molar-refractivity contribution in [3.8, 4) is 0 Å². The number of nitrogens with two attached hydrogens (primary N) is 1. The first-order chi connectivity index (χ1) is 7.15. The maximum Gasteiger partial charge on any atom is 0.224 e. The lowest BCUT2D eigenvalue weighted by Crippen LogP contribution is -2.33. The van der Waals surface area contributed by atoms with Crippen LogP contribution in [-0.4, -0.2) is 28.6 Å². The van der Waals surface area contributed by atoms with E-state index in [1.165, 1.54) is 0 Å². The molecule has 1 saturated heterocycles. The molecular formula is C10H15N3O2. The average molecular weight is 209 g/mol. The number of hydrogen-bond donors (Lipinski definition) is 1. The van der Waals surface area contributed by atoms with E-state index < -0.39 is 0 Å². The maximum atomic E-state index is 11.6. The molecule has 0 saturated carbocycles. The topological polar surface area (TPSA) is 72.4 Å². The summed E-state index contributed by atoms with van der Waals surface area (Å²) in [5.74, 6) is 0.107. The van der Waals surface area contributed by atoms with Crippen LogP contribution in [0.25, 0.3) is 0 Å². The van der Waals surface area contributed by atoms with E-state index >= 15 is 0 Å². The fraction of sp³-hybridized carbons (Fsp3) is 0.600.